The van der Waals surface area contributed by atoms with E-state index in [9.17, 15) is 5.11 Å². The molecule has 1 fully saturated rings. The van der Waals surface area contributed by atoms with Crippen molar-refractivity contribution in [3.8, 4) is 22.9 Å². The monoisotopic (exact) mass is 358 g/mol. The van der Waals surface area contributed by atoms with Crippen molar-refractivity contribution < 1.29 is 5.11 Å². The summed E-state index contributed by atoms with van der Waals surface area (Å²) in [5.41, 5.74) is 5.57. The molecule has 0 aliphatic carbocycles. The van der Waals surface area contributed by atoms with Gasteiger partial charge in [-0.15, -0.1) is 0 Å². The summed E-state index contributed by atoms with van der Waals surface area (Å²) in [6.07, 6.45) is 3.58. The van der Waals surface area contributed by atoms with E-state index in [1.165, 1.54) is 0 Å². The van der Waals surface area contributed by atoms with Gasteiger partial charge < -0.3 is 10.0 Å². The standard InChI is InChI=1S/C22H22N4O/c1-14-9-18(10-15(2)22(14)27)17-3-4-19-20(11-17)25-21(13-24-19)26-7-5-16(12-23)6-8-26/h3-4,9-11,13,16,27H,5-8H2,1-2H3. The molecule has 0 atom stereocenters. The summed E-state index contributed by atoms with van der Waals surface area (Å²) in [6.45, 7) is 5.51. The zero-order chi connectivity index (χ0) is 19.0. The van der Waals surface area contributed by atoms with Crippen LogP contribution in [-0.2, 0) is 0 Å². The third-order valence-corrected chi connectivity index (χ3v) is 5.36. The van der Waals surface area contributed by atoms with Crippen LogP contribution >= 0.6 is 0 Å². The lowest BCUT2D eigenvalue weighted by Crippen LogP contribution is -2.33. The van der Waals surface area contributed by atoms with Crippen molar-refractivity contribution in [2.75, 3.05) is 18.0 Å². The van der Waals surface area contributed by atoms with Crippen LogP contribution in [0.3, 0.4) is 0 Å². The van der Waals surface area contributed by atoms with E-state index in [-0.39, 0.29) is 5.92 Å². The van der Waals surface area contributed by atoms with Crippen LogP contribution in [0.25, 0.3) is 22.2 Å². The molecule has 5 nitrogen and oxygen atoms in total. The molecule has 2 heterocycles. The molecule has 1 aliphatic rings. The zero-order valence-electron chi connectivity index (χ0n) is 15.6. The predicted molar refractivity (Wildman–Crippen MR) is 107 cm³/mol. The molecule has 136 valence electrons. The van der Waals surface area contributed by atoms with Gasteiger partial charge in [0.15, 0.2) is 0 Å². The maximum Gasteiger partial charge on any atom is 0.147 e. The molecule has 0 spiro atoms. The highest BCUT2D eigenvalue weighted by molar-refractivity contribution is 5.82. The predicted octanol–water partition coefficient (Wildman–Crippen LogP) is 4.36. The number of hydrogen-bond acceptors (Lipinski definition) is 5. The minimum atomic E-state index is 0.155. The third kappa shape index (κ3) is 3.31. The average molecular weight is 358 g/mol. The molecule has 1 N–H and O–H groups in total. The van der Waals surface area contributed by atoms with Crippen molar-refractivity contribution in [2.45, 2.75) is 26.7 Å². The van der Waals surface area contributed by atoms with Gasteiger partial charge in [-0.1, -0.05) is 6.07 Å². The Labute approximate surface area is 158 Å². The number of anilines is 1. The molecule has 27 heavy (non-hydrogen) atoms. The number of aromatic hydroxyl groups is 1. The Balaban J connectivity index is 1.69. The summed E-state index contributed by atoms with van der Waals surface area (Å²) in [5, 5.41) is 19.1. The largest absolute Gasteiger partial charge is 0.507 e. The van der Waals surface area contributed by atoms with Crippen LogP contribution in [0.2, 0.25) is 0 Å². The zero-order valence-corrected chi connectivity index (χ0v) is 15.6. The summed E-state index contributed by atoms with van der Waals surface area (Å²) in [5.74, 6) is 1.37. The highest BCUT2D eigenvalue weighted by atomic mass is 16.3. The second-order valence-corrected chi connectivity index (χ2v) is 7.28. The van der Waals surface area contributed by atoms with E-state index < -0.39 is 0 Å². The van der Waals surface area contributed by atoms with Gasteiger partial charge in [0, 0.05) is 19.0 Å². The van der Waals surface area contributed by atoms with Crippen LogP contribution in [0.5, 0.6) is 5.75 Å². The molecule has 0 amide bonds. The summed E-state index contributed by atoms with van der Waals surface area (Å²) in [6, 6.07) is 12.4. The summed E-state index contributed by atoms with van der Waals surface area (Å²) in [4.78, 5) is 11.6. The first-order valence-electron chi connectivity index (χ1n) is 9.27. The van der Waals surface area contributed by atoms with Gasteiger partial charge in [0.05, 0.1) is 23.3 Å². The average Bonchev–Trinajstić information content (AvgIpc) is 2.71. The molecule has 0 saturated carbocycles. The van der Waals surface area contributed by atoms with E-state index >= 15 is 0 Å². The number of nitriles is 1. The first kappa shape index (κ1) is 17.3. The molecule has 5 heteroatoms. The first-order chi connectivity index (χ1) is 13.0. The van der Waals surface area contributed by atoms with Gasteiger partial charge in [0.1, 0.15) is 11.6 Å². The number of aryl methyl sites for hydroxylation is 2. The Hall–Kier alpha value is -3.13. The number of phenolic OH excluding ortho intramolecular Hbond substituents is 1. The van der Waals surface area contributed by atoms with Crippen molar-refractivity contribution >= 4 is 16.9 Å². The Bertz CT molecular complexity index is 1020. The van der Waals surface area contributed by atoms with Gasteiger partial charge in [-0.2, -0.15) is 5.26 Å². The van der Waals surface area contributed by atoms with Crippen molar-refractivity contribution in [2.24, 2.45) is 5.92 Å². The first-order valence-corrected chi connectivity index (χ1v) is 9.27. The molecule has 0 radical (unpaired) electrons. The molecule has 1 aromatic heterocycles. The summed E-state index contributed by atoms with van der Waals surface area (Å²) >= 11 is 0. The molecular weight excluding hydrogens is 336 g/mol. The second-order valence-electron chi connectivity index (χ2n) is 7.28. The summed E-state index contributed by atoms with van der Waals surface area (Å²) < 4.78 is 0. The van der Waals surface area contributed by atoms with Crippen LogP contribution < -0.4 is 4.90 Å². The molecule has 1 aliphatic heterocycles. The molecular formula is C22H22N4O. The minimum Gasteiger partial charge on any atom is -0.507 e. The Morgan fingerprint density at radius 2 is 1.74 bits per heavy atom. The Morgan fingerprint density at radius 1 is 1.04 bits per heavy atom. The molecule has 2 aromatic carbocycles. The lowest BCUT2D eigenvalue weighted by Gasteiger charge is -2.29. The fourth-order valence-electron chi connectivity index (χ4n) is 3.69. The van der Waals surface area contributed by atoms with Crippen LogP contribution in [0.4, 0.5) is 5.82 Å². The van der Waals surface area contributed by atoms with Gasteiger partial charge in [0.2, 0.25) is 0 Å². The van der Waals surface area contributed by atoms with Crippen molar-refractivity contribution in [3.05, 3.63) is 47.7 Å². The van der Waals surface area contributed by atoms with Gasteiger partial charge in [-0.05, 0) is 73.2 Å². The van der Waals surface area contributed by atoms with Crippen LogP contribution in [0.1, 0.15) is 24.0 Å². The van der Waals surface area contributed by atoms with Gasteiger partial charge in [-0.3, -0.25) is 4.98 Å². The number of benzene rings is 2. The number of hydrogen-bond donors (Lipinski definition) is 1. The van der Waals surface area contributed by atoms with Crippen molar-refractivity contribution in [3.63, 3.8) is 0 Å². The van der Waals surface area contributed by atoms with E-state index in [0.717, 1.165) is 65.0 Å². The van der Waals surface area contributed by atoms with E-state index in [4.69, 9.17) is 10.2 Å². The highest BCUT2D eigenvalue weighted by Crippen LogP contribution is 2.31. The highest BCUT2D eigenvalue weighted by Gasteiger charge is 2.20. The quantitative estimate of drug-likeness (QED) is 0.737. The number of fused-ring (bicyclic) bond motifs is 1. The maximum atomic E-state index is 10.0. The molecule has 1 saturated heterocycles. The number of rotatable bonds is 2. The maximum absolute atomic E-state index is 10.0. The fourth-order valence-corrected chi connectivity index (χ4v) is 3.69. The molecule has 3 aromatic rings. The van der Waals surface area contributed by atoms with Crippen molar-refractivity contribution in [1.82, 2.24) is 9.97 Å². The smallest absolute Gasteiger partial charge is 0.147 e. The molecule has 0 unspecified atom stereocenters. The summed E-state index contributed by atoms with van der Waals surface area (Å²) in [7, 11) is 0. The lowest BCUT2D eigenvalue weighted by molar-refractivity contribution is 0.467. The number of nitrogens with zero attached hydrogens (tertiary/aromatic N) is 4. The third-order valence-electron chi connectivity index (χ3n) is 5.36. The van der Waals surface area contributed by atoms with E-state index in [2.05, 4.69) is 22.0 Å². The van der Waals surface area contributed by atoms with E-state index in [1.54, 1.807) is 0 Å². The number of phenols is 1. The molecule has 4 rings (SSSR count). The second kappa shape index (κ2) is 6.88. The Kier molecular flexibility index (Phi) is 4.41. The van der Waals surface area contributed by atoms with Crippen molar-refractivity contribution in [1.29, 1.82) is 5.26 Å². The van der Waals surface area contributed by atoms with Gasteiger partial charge in [0.25, 0.3) is 0 Å². The molecule has 0 bridgehead atoms. The Morgan fingerprint density at radius 3 is 2.41 bits per heavy atom. The van der Waals surface area contributed by atoms with E-state index in [1.807, 2.05) is 44.3 Å². The fraction of sp³-hybridized carbons (Fsp3) is 0.318. The topological polar surface area (TPSA) is 73.0 Å². The van der Waals surface area contributed by atoms with Gasteiger partial charge in [-0.25, -0.2) is 4.98 Å². The normalized spacial score (nSPS) is 15.1. The SMILES string of the molecule is Cc1cc(-c2ccc3ncc(N4CCC(C#N)CC4)nc3c2)cc(C)c1O. The van der Waals surface area contributed by atoms with E-state index in [0.29, 0.717) is 5.75 Å². The minimum absolute atomic E-state index is 0.155. The van der Waals surface area contributed by atoms with Crippen LogP contribution in [0, 0.1) is 31.1 Å². The number of aromatic nitrogens is 2. The number of piperidine rings is 1. The van der Waals surface area contributed by atoms with Gasteiger partial charge >= 0.3 is 0 Å². The lowest BCUT2D eigenvalue weighted by atomic mass is 9.98. The van der Waals surface area contributed by atoms with Crippen LogP contribution in [-0.4, -0.2) is 28.2 Å². The van der Waals surface area contributed by atoms with Crippen LogP contribution in [0.15, 0.2) is 36.5 Å².